The van der Waals surface area contributed by atoms with Gasteiger partial charge in [-0.3, -0.25) is 0 Å². The van der Waals surface area contributed by atoms with Gasteiger partial charge in [0.25, 0.3) is 0 Å². The fourth-order valence-corrected chi connectivity index (χ4v) is 3.19. The van der Waals surface area contributed by atoms with Crippen molar-refractivity contribution in [3.8, 4) is 5.75 Å². The summed E-state index contributed by atoms with van der Waals surface area (Å²) < 4.78 is 5.97. The molecule has 0 atom stereocenters. The Kier molecular flexibility index (Phi) is 3.87. The summed E-state index contributed by atoms with van der Waals surface area (Å²) in [6, 6.07) is 16.8. The number of benzene rings is 2. The van der Waals surface area contributed by atoms with Gasteiger partial charge in [-0.25, -0.2) is 0 Å². The quantitative estimate of drug-likeness (QED) is 0.854. The second-order valence-corrected chi connectivity index (χ2v) is 5.82. The third-order valence-corrected chi connectivity index (χ3v) is 4.78. The zero-order chi connectivity index (χ0) is 14.7. The van der Waals surface area contributed by atoms with E-state index in [0.29, 0.717) is 6.61 Å². The fourth-order valence-electron chi connectivity index (χ4n) is 3.19. The van der Waals surface area contributed by atoms with E-state index in [0.717, 1.165) is 25.1 Å². The van der Waals surface area contributed by atoms with Crippen LogP contribution in [-0.2, 0) is 12.0 Å². The van der Waals surface area contributed by atoms with Crippen molar-refractivity contribution >= 4 is 5.69 Å². The van der Waals surface area contributed by atoms with Crippen molar-refractivity contribution in [1.29, 1.82) is 0 Å². The molecule has 0 radical (unpaired) electrons. The van der Waals surface area contributed by atoms with Crippen molar-refractivity contribution in [1.82, 2.24) is 0 Å². The molecular formula is C19H23NO. The Morgan fingerprint density at radius 1 is 1.05 bits per heavy atom. The summed E-state index contributed by atoms with van der Waals surface area (Å²) in [5.74, 6) is 0.965. The van der Waals surface area contributed by atoms with Gasteiger partial charge >= 0.3 is 0 Å². The van der Waals surface area contributed by atoms with Gasteiger partial charge in [-0.2, -0.15) is 0 Å². The third kappa shape index (κ3) is 2.63. The van der Waals surface area contributed by atoms with Gasteiger partial charge in [0.2, 0.25) is 0 Å². The molecule has 1 N–H and O–H groups in total. The number of fused-ring (bicyclic) bond motifs is 1. The number of hydrogen-bond acceptors (Lipinski definition) is 2. The van der Waals surface area contributed by atoms with Crippen LogP contribution in [-0.4, -0.2) is 6.54 Å². The highest BCUT2D eigenvalue weighted by Gasteiger charge is 2.35. The number of anilines is 1. The molecule has 0 amide bonds. The van der Waals surface area contributed by atoms with Crippen LogP contribution in [0.2, 0.25) is 0 Å². The average Bonchev–Trinajstić information content (AvgIpc) is 2.92. The lowest BCUT2D eigenvalue weighted by Crippen LogP contribution is -2.26. The SMILES string of the molecule is CCC1(CC)CNc2ccc(OCc3ccccc3)cc21. The molecule has 0 spiro atoms. The second-order valence-electron chi connectivity index (χ2n) is 5.82. The molecule has 110 valence electrons. The molecule has 1 aliphatic rings. The van der Waals surface area contributed by atoms with Gasteiger partial charge < -0.3 is 10.1 Å². The summed E-state index contributed by atoms with van der Waals surface area (Å²) in [5, 5.41) is 3.54. The Balaban J connectivity index is 1.80. The number of nitrogens with one attached hydrogen (secondary N) is 1. The van der Waals surface area contributed by atoms with E-state index in [1.807, 2.05) is 18.2 Å². The molecule has 1 aliphatic heterocycles. The van der Waals surface area contributed by atoms with Gasteiger partial charge in [-0.15, -0.1) is 0 Å². The van der Waals surface area contributed by atoms with Crippen LogP contribution in [0, 0.1) is 0 Å². The lowest BCUT2D eigenvalue weighted by molar-refractivity contribution is 0.305. The molecule has 2 heteroatoms. The first-order chi connectivity index (χ1) is 10.3. The van der Waals surface area contributed by atoms with Crippen molar-refractivity contribution in [2.24, 2.45) is 0 Å². The molecule has 0 aliphatic carbocycles. The van der Waals surface area contributed by atoms with Crippen LogP contribution in [0.5, 0.6) is 5.75 Å². The van der Waals surface area contributed by atoms with Crippen LogP contribution in [0.3, 0.4) is 0 Å². The molecule has 0 fully saturated rings. The summed E-state index contributed by atoms with van der Waals surface area (Å²) in [6.45, 7) is 6.21. The van der Waals surface area contributed by atoms with E-state index in [9.17, 15) is 0 Å². The van der Waals surface area contributed by atoms with Crippen molar-refractivity contribution in [3.05, 3.63) is 59.7 Å². The van der Waals surface area contributed by atoms with E-state index < -0.39 is 0 Å². The van der Waals surface area contributed by atoms with E-state index in [1.165, 1.54) is 16.8 Å². The Morgan fingerprint density at radius 3 is 2.52 bits per heavy atom. The largest absolute Gasteiger partial charge is 0.489 e. The van der Waals surface area contributed by atoms with E-state index in [1.54, 1.807) is 0 Å². The topological polar surface area (TPSA) is 21.3 Å². The number of ether oxygens (including phenoxy) is 1. The van der Waals surface area contributed by atoms with Crippen molar-refractivity contribution in [2.75, 3.05) is 11.9 Å². The van der Waals surface area contributed by atoms with E-state index in [2.05, 4.69) is 49.5 Å². The summed E-state index contributed by atoms with van der Waals surface area (Å²) >= 11 is 0. The maximum absolute atomic E-state index is 5.97. The minimum absolute atomic E-state index is 0.265. The highest BCUT2D eigenvalue weighted by molar-refractivity contribution is 5.62. The van der Waals surface area contributed by atoms with Crippen molar-refractivity contribution in [2.45, 2.75) is 38.7 Å². The van der Waals surface area contributed by atoms with Crippen molar-refractivity contribution in [3.63, 3.8) is 0 Å². The van der Waals surface area contributed by atoms with E-state index >= 15 is 0 Å². The zero-order valence-electron chi connectivity index (χ0n) is 12.9. The first-order valence-corrected chi connectivity index (χ1v) is 7.82. The minimum Gasteiger partial charge on any atom is -0.489 e. The Labute approximate surface area is 127 Å². The molecule has 21 heavy (non-hydrogen) atoms. The monoisotopic (exact) mass is 281 g/mol. The number of rotatable bonds is 5. The first kappa shape index (κ1) is 14.0. The Hall–Kier alpha value is -1.96. The lowest BCUT2D eigenvalue weighted by atomic mass is 9.77. The molecule has 2 nitrogen and oxygen atoms in total. The predicted octanol–water partition coefficient (Wildman–Crippen LogP) is 4.75. The highest BCUT2D eigenvalue weighted by atomic mass is 16.5. The Bertz CT molecular complexity index is 602. The van der Waals surface area contributed by atoms with Gasteiger partial charge in [0, 0.05) is 17.6 Å². The van der Waals surface area contributed by atoms with Gasteiger partial charge in [-0.05, 0) is 42.2 Å². The van der Waals surface area contributed by atoms with Crippen LogP contribution < -0.4 is 10.1 Å². The maximum atomic E-state index is 5.97. The Morgan fingerprint density at radius 2 is 1.81 bits per heavy atom. The van der Waals surface area contributed by atoms with E-state index in [-0.39, 0.29) is 5.41 Å². The molecule has 1 heterocycles. The number of hydrogen-bond donors (Lipinski definition) is 1. The van der Waals surface area contributed by atoms with E-state index in [4.69, 9.17) is 4.74 Å². The molecule has 0 saturated carbocycles. The minimum atomic E-state index is 0.265. The predicted molar refractivity (Wildman–Crippen MR) is 88.0 cm³/mol. The fraction of sp³-hybridized carbons (Fsp3) is 0.368. The van der Waals surface area contributed by atoms with Gasteiger partial charge in [0.15, 0.2) is 0 Å². The zero-order valence-corrected chi connectivity index (χ0v) is 12.9. The third-order valence-electron chi connectivity index (χ3n) is 4.78. The molecular weight excluding hydrogens is 258 g/mol. The normalized spacial score (nSPS) is 15.3. The summed E-state index contributed by atoms with van der Waals surface area (Å²) in [6.07, 6.45) is 2.32. The van der Waals surface area contributed by atoms with Crippen LogP contribution in [0.4, 0.5) is 5.69 Å². The first-order valence-electron chi connectivity index (χ1n) is 7.82. The summed E-state index contributed by atoms with van der Waals surface area (Å²) in [7, 11) is 0. The van der Waals surface area contributed by atoms with Gasteiger partial charge in [0.1, 0.15) is 12.4 Å². The van der Waals surface area contributed by atoms with Gasteiger partial charge in [-0.1, -0.05) is 44.2 Å². The summed E-state index contributed by atoms with van der Waals surface area (Å²) in [4.78, 5) is 0. The smallest absolute Gasteiger partial charge is 0.120 e. The molecule has 2 aromatic carbocycles. The van der Waals surface area contributed by atoms with Crippen LogP contribution in [0.1, 0.15) is 37.8 Å². The van der Waals surface area contributed by atoms with Crippen LogP contribution >= 0.6 is 0 Å². The molecule has 0 aromatic heterocycles. The average molecular weight is 281 g/mol. The van der Waals surface area contributed by atoms with Crippen LogP contribution in [0.15, 0.2) is 48.5 Å². The summed E-state index contributed by atoms with van der Waals surface area (Å²) in [5.41, 5.74) is 4.15. The molecule has 0 unspecified atom stereocenters. The highest BCUT2D eigenvalue weighted by Crippen LogP contribution is 2.43. The molecule has 3 rings (SSSR count). The molecule has 0 saturated heterocycles. The second kappa shape index (κ2) is 5.80. The van der Waals surface area contributed by atoms with Crippen LogP contribution in [0.25, 0.3) is 0 Å². The maximum Gasteiger partial charge on any atom is 0.120 e. The van der Waals surface area contributed by atoms with Crippen molar-refractivity contribution < 1.29 is 4.74 Å². The van der Waals surface area contributed by atoms with Gasteiger partial charge in [0.05, 0.1) is 0 Å². The lowest BCUT2D eigenvalue weighted by Gasteiger charge is -2.26. The molecule has 0 bridgehead atoms. The molecule has 2 aromatic rings. The standard InChI is InChI=1S/C19H23NO/c1-3-19(4-2)14-20-18-11-10-16(12-17(18)19)21-13-15-8-6-5-7-9-15/h5-12,20H,3-4,13-14H2,1-2H3.